The van der Waals surface area contributed by atoms with Gasteiger partial charge < -0.3 is 14.2 Å². The number of aromatic nitrogens is 1. The molecule has 0 atom stereocenters. The highest BCUT2D eigenvalue weighted by Gasteiger charge is 2.16. The van der Waals surface area contributed by atoms with Crippen LogP contribution in [0.15, 0.2) is 29.3 Å². The van der Waals surface area contributed by atoms with E-state index in [1.165, 1.54) is 35.9 Å². The zero-order chi connectivity index (χ0) is 21.3. The van der Waals surface area contributed by atoms with Crippen LogP contribution in [0.5, 0.6) is 0 Å². The molecule has 0 radical (unpaired) electrons. The van der Waals surface area contributed by atoms with Crippen molar-refractivity contribution in [3.8, 4) is 0 Å². The lowest BCUT2D eigenvalue weighted by Crippen LogP contribution is -2.33. The van der Waals surface area contributed by atoms with Crippen LogP contribution in [-0.4, -0.2) is 58.5 Å². The van der Waals surface area contributed by atoms with Gasteiger partial charge in [0.15, 0.2) is 4.80 Å². The topological polar surface area (TPSA) is 81.0 Å². The number of amides is 2. The molecular weight excluding hydrogens is 422 g/mol. The number of hydrogen-bond acceptors (Lipinski definition) is 6. The van der Waals surface area contributed by atoms with Gasteiger partial charge in [-0.1, -0.05) is 36.3 Å². The van der Waals surface area contributed by atoms with E-state index in [4.69, 9.17) is 4.74 Å². The van der Waals surface area contributed by atoms with E-state index in [0.29, 0.717) is 11.4 Å². The van der Waals surface area contributed by atoms with E-state index in [1.807, 2.05) is 29.2 Å². The van der Waals surface area contributed by atoms with Gasteiger partial charge in [0.1, 0.15) is 6.54 Å². The molecule has 162 valence electrons. The molecule has 1 aromatic heterocycles. The van der Waals surface area contributed by atoms with E-state index in [9.17, 15) is 14.4 Å². The molecule has 2 aromatic rings. The molecule has 7 nitrogen and oxygen atoms in total. The van der Waals surface area contributed by atoms with Gasteiger partial charge in [-0.15, -0.1) is 11.8 Å². The van der Waals surface area contributed by atoms with E-state index >= 15 is 0 Å². The van der Waals surface area contributed by atoms with Gasteiger partial charge in [0.2, 0.25) is 5.91 Å². The lowest BCUT2D eigenvalue weighted by Gasteiger charge is -2.19. The second kappa shape index (κ2) is 11.3. The van der Waals surface area contributed by atoms with Gasteiger partial charge >= 0.3 is 5.97 Å². The first kappa shape index (κ1) is 22.6. The number of hydrogen-bond donors (Lipinski definition) is 0. The van der Waals surface area contributed by atoms with Crippen molar-refractivity contribution in [3.63, 3.8) is 0 Å². The highest BCUT2D eigenvalue weighted by molar-refractivity contribution is 8.00. The molecule has 1 aromatic carbocycles. The number of carbonyl (C=O) groups is 3. The van der Waals surface area contributed by atoms with Crippen molar-refractivity contribution in [3.05, 3.63) is 29.1 Å². The maximum atomic E-state index is 12.4. The Labute approximate surface area is 184 Å². The van der Waals surface area contributed by atoms with E-state index in [0.717, 1.165) is 36.1 Å². The minimum Gasteiger partial charge on any atom is -0.465 e. The Morgan fingerprint density at radius 3 is 2.57 bits per heavy atom. The Kier molecular flexibility index (Phi) is 8.50. The number of rotatable bonds is 7. The minimum atomic E-state index is -0.368. The van der Waals surface area contributed by atoms with Crippen LogP contribution in [0, 0.1) is 0 Å². The van der Waals surface area contributed by atoms with Crippen molar-refractivity contribution in [2.75, 3.05) is 31.2 Å². The first-order valence-electron chi connectivity index (χ1n) is 10.3. The zero-order valence-electron chi connectivity index (χ0n) is 17.2. The number of para-hydroxylation sites is 1. The molecule has 0 N–H and O–H groups in total. The second-order valence-corrected chi connectivity index (χ2v) is 9.03. The van der Waals surface area contributed by atoms with Gasteiger partial charge in [0.05, 0.1) is 28.3 Å². The number of fused-ring (bicyclic) bond motifs is 1. The normalized spacial score (nSPS) is 15.2. The fourth-order valence-electron chi connectivity index (χ4n) is 3.37. The number of likely N-dealkylation sites (tertiary alicyclic amines) is 1. The summed E-state index contributed by atoms with van der Waals surface area (Å²) in [5.41, 5.74) is 0.839. The summed E-state index contributed by atoms with van der Waals surface area (Å²) in [7, 11) is 0. The Hall–Kier alpha value is -2.13. The van der Waals surface area contributed by atoms with Gasteiger partial charge in [0.25, 0.3) is 5.91 Å². The molecule has 3 rings (SSSR count). The van der Waals surface area contributed by atoms with Gasteiger partial charge in [-0.05, 0) is 31.9 Å². The van der Waals surface area contributed by atoms with Crippen molar-refractivity contribution in [1.29, 1.82) is 0 Å². The maximum absolute atomic E-state index is 12.4. The Balaban J connectivity index is 1.65. The largest absolute Gasteiger partial charge is 0.465 e. The summed E-state index contributed by atoms with van der Waals surface area (Å²) in [5.74, 6) is -0.168. The lowest BCUT2D eigenvalue weighted by molar-refractivity contribution is -0.143. The lowest BCUT2D eigenvalue weighted by atomic mass is 10.2. The molecule has 30 heavy (non-hydrogen) atoms. The predicted octanol–water partition coefficient (Wildman–Crippen LogP) is 2.83. The maximum Gasteiger partial charge on any atom is 0.326 e. The SMILES string of the molecule is CCOC(=O)Cn1c(=NC(=O)CSCC(=O)N2CCCCCC2)sc2ccccc21. The van der Waals surface area contributed by atoms with E-state index in [-0.39, 0.29) is 35.8 Å². The minimum absolute atomic E-state index is 0.00452. The van der Waals surface area contributed by atoms with E-state index in [1.54, 1.807) is 11.5 Å². The Morgan fingerprint density at radius 2 is 1.83 bits per heavy atom. The van der Waals surface area contributed by atoms with Crippen LogP contribution in [0.2, 0.25) is 0 Å². The predicted molar refractivity (Wildman–Crippen MR) is 119 cm³/mol. The third-order valence-electron chi connectivity index (χ3n) is 4.81. The highest BCUT2D eigenvalue weighted by atomic mass is 32.2. The molecule has 1 saturated heterocycles. The first-order valence-corrected chi connectivity index (χ1v) is 12.2. The molecule has 2 amide bonds. The van der Waals surface area contributed by atoms with Crippen LogP contribution in [0.25, 0.3) is 10.2 Å². The van der Waals surface area contributed by atoms with Crippen molar-refractivity contribution in [2.24, 2.45) is 4.99 Å². The summed E-state index contributed by atoms with van der Waals surface area (Å²) in [6, 6.07) is 7.61. The van der Waals surface area contributed by atoms with Crippen molar-refractivity contribution >= 4 is 51.1 Å². The smallest absolute Gasteiger partial charge is 0.326 e. The number of thiazole rings is 1. The van der Waals surface area contributed by atoms with Crippen LogP contribution in [-0.2, 0) is 25.7 Å². The average molecular weight is 450 g/mol. The van der Waals surface area contributed by atoms with Gasteiger partial charge in [0, 0.05) is 13.1 Å². The summed E-state index contributed by atoms with van der Waals surface area (Å²) < 4.78 is 7.71. The molecular formula is C21H27N3O4S2. The molecule has 0 unspecified atom stereocenters. The monoisotopic (exact) mass is 449 g/mol. The summed E-state index contributed by atoms with van der Waals surface area (Å²) >= 11 is 2.65. The molecule has 0 aliphatic carbocycles. The highest BCUT2D eigenvalue weighted by Crippen LogP contribution is 2.17. The Morgan fingerprint density at radius 1 is 1.10 bits per heavy atom. The average Bonchev–Trinajstić information content (AvgIpc) is 2.90. The van der Waals surface area contributed by atoms with Crippen LogP contribution < -0.4 is 4.80 Å². The molecule has 2 heterocycles. The third kappa shape index (κ3) is 6.18. The molecule has 9 heteroatoms. The standard InChI is InChI=1S/C21H27N3O4S2/c1-2-28-20(27)13-24-16-9-5-6-10-17(16)30-21(24)22-18(25)14-29-15-19(26)23-11-7-3-4-8-12-23/h5-6,9-10H,2-4,7-8,11-15H2,1H3. The number of thioether (sulfide) groups is 1. The first-order chi connectivity index (χ1) is 14.6. The van der Waals surface area contributed by atoms with Gasteiger partial charge in [-0.3, -0.25) is 14.4 Å². The summed E-state index contributed by atoms with van der Waals surface area (Å²) in [4.78, 5) is 43.4. The quantitative estimate of drug-likeness (QED) is 0.607. The fourth-order valence-corrected chi connectivity index (χ4v) is 5.12. The molecule has 1 fully saturated rings. The van der Waals surface area contributed by atoms with Crippen molar-refractivity contribution in [1.82, 2.24) is 9.47 Å². The van der Waals surface area contributed by atoms with Crippen LogP contribution in [0.3, 0.4) is 0 Å². The third-order valence-corrected chi connectivity index (χ3v) is 6.77. The molecule has 0 saturated carbocycles. The zero-order valence-corrected chi connectivity index (χ0v) is 18.8. The van der Waals surface area contributed by atoms with Gasteiger partial charge in [-0.25, -0.2) is 0 Å². The molecule has 1 aliphatic rings. The number of ether oxygens (including phenoxy) is 1. The van der Waals surface area contributed by atoms with Crippen LogP contribution in [0.1, 0.15) is 32.6 Å². The second-order valence-electron chi connectivity index (χ2n) is 7.04. The van der Waals surface area contributed by atoms with Crippen LogP contribution >= 0.6 is 23.1 Å². The summed E-state index contributed by atoms with van der Waals surface area (Å²) in [5, 5.41) is 0. The van der Waals surface area contributed by atoms with E-state index < -0.39 is 0 Å². The van der Waals surface area contributed by atoms with Gasteiger partial charge in [-0.2, -0.15) is 4.99 Å². The van der Waals surface area contributed by atoms with Crippen molar-refractivity contribution < 1.29 is 19.1 Å². The number of carbonyl (C=O) groups excluding carboxylic acids is 3. The molecule has 0 spiro atoms. The molecule has 0 bridgehead atoms. The number of esters is 1. The van der Waals surface area contributed by atoms with E-state index in [2.05, 4.69) is 4.99 Å². The van der Waals surface area contributed by atoms with Crippen LogP contribution in [0.4, 0.5) is 0 Å². The Bertz CT molecular complexity index is 959. The molecule has 1 aliphatic heterocycles. The van der Waals surface area contributed by atoms with Crippen molar-refractivity contribution in [2.45, 2.75) is 39.2 Å². The number of benzene rings is 1. The number of nitrogens with zero attached hydrogens (tertiary/aromatic N) is 3. The summed E-state index contributed by atoms with van der Waals surface area (Å²) in [6.45, 7) is 3.69. The fraction of sp³-hybridized carbons (Fsp3) is 0.524. The summed E-state index contributed by atoms with van der Waals surface area (Å²) in [6.07, 6.45) is 4.46.